The molecular weight excluding hydrogens is 268 g/mol. The molecule has 3 rings (SSSR count). The second kappa shape index (κ2) is 6.23. The summed E-state index contributed by atoms with van der Waals surface area (Å²) in [6, 6.07) is 0. The molecule has 1 spiro atoms. The number of rotatable bonds is 2. The van der Waals surface area contributed by atoms with Crippen LogP contribution in [0.25, 0.3) is 0 Å². The molecule has 5 heteroatoms. The number of ether oxygens (including phenoxy) is 2. The lowest BCUT2D eigenvalue weighted by atomic mass is 9.92. The Kier molecular flexibility index (Phi) is 4.52. The van der Waals surface area contributed by atoms with Gasteiger partial charge in [-0.2, -0.15) is 0 Å². The van der Waals surface area contributed by atoms with Gasteiger partial charge in [0.25, 0.3) is 0 Å². The first-order valence-electron chi connectivity index (χ1n) is 8.34. The molecule has 0 N–H and O–H groups in total. The smallest absolute Gasteiger partial charge is 0.236 e. The summed E-state index contributed by atoms with van der Waals surface area (Å²) >= 11 is 0. The molecule has 0 bridgehead atoms. The molecule has 1 amide bonds. The zero-order valence-corrected chi connectivity index (χ0v) is 13.3. The normalized spacial score (nSPS) is 33.5. The molecule has 0 aromatic carbocycles. The van der Waals surface area contributed by atoms with Crippen LogP contribution >= 0.6 is 0 Å². The molecule has 3 saturated heterocycles. The van der Waals surface area contributed by atoms with E-state index in [2.05, 4.69) is 23.6 Å². The average Bonchev–Trinajstić information content (AvgIpc) is 2.89. The molecule has 3 fully saturated rings. The Morgan fingerprint density at radius 1 is 1.10 bits per heavy atom. The molecule has 3 aliphatic heterocycles. The largest absolute Gasteiger partial charge is 0.347 e. The van der Waals surface area contributed by atoms with Crippen LogP contribution in [0, 0.1) is 11.8 Å². The zero-order chi connectivity index (χ0) is 14.9. The number of carbonyl (C=O) groups is 1. The van der Waals surface area contributed by atoms with Crippen molar-refractivity contribution in [3.8, 4) is 0 Å². The SMILES string of the molecule is C[C@@H]1C[C@H](C)CN(C(=O)CN2CCC3(CC2)OCCO3)C1. The quantitative estimate of drug-likeness (QED) is 0.771. The molecule has 0 aliphatic carbocycles. The molecule has 21 heavy (non-hydrogen) atoms. The summed E-state index contributed by atoms with van der Waals surface area (Å²) in [5.74, 6) is 1.20. The van der Waals surface area contributed by atoms with Crippen molar-refractivity contribution in [2.45, 2.75) is 38.9 Å². The number of amides is 1. The second-order valence-corrected chi connectivity index (χ2v) is 7.13. The van der Waals surface area contributed by atoms with E-state index in [0.29, 0.717) is 31.6 Å². The summed E-state index contributed by atoms with van der Waals surface area (Å²) in [4.78, 5) is 16.8. The van der Waals surface area contributed by atoms with Crippen LogP contribution in [-0.2, 0) is 14.3 Å². The van der Waals surface area contributed by atoms with Crippen LogP contribution in [0.2, 0.25) is 0 Å². The second-order valence-electron chi connectivity index (χ2n) is 7.13. The molecule has 3 heterocycles. The maximum absolute atomic E-state index is 12.5. The van der Waals surface area contributed by atoms with E-state index in [1.807, 2.05) is 0 Å². The van der Waals surface area contributed by atoms with Gasteiger partial charge in [0.15, 0.2) is 5.79 Å². The van der Waals surface area contributed by atoms with Gasteiger partial charge >= 0.3 is 0 Å². The van der Waals surface area contributed by atoms with E-state index in [1.165, 1.54) is 6.42 Å². The molecule has 0 saturated carbocycles. The Balaban J connectivity index is 1.47. The van der Waals surface area contributed by atoms with Crippen LogP contribution in [0.5, 0.6) is 0 Å². The third kappa shape index (κ3) is 3.58. The summed E-state index contributed by atoms with van der Waals surface area (Å²) in [6.45, 7) is 10.1. The molecule has 3 aliphatic rings. The Morgan fingerprint density at radius 2 is 1.67 bits per heavy atom. The highest BCUT2D eigenvalue weighted by molar-refractivity contribution is 5.78. The monoisotopic (exact) mass is 296 g/mol. The van der Waals surface area contributed by atoms with Crippen LogP contribution in [0.15, 0.2) is 0 Å². The molecule has 5 nitrogen and oxygen atoms in total. The van der Waals surface area contributed by atoms with Crippen molar-refractivity contribution in [2.75, 3.05) is 45.9 Å². The maximum Gasteiger partial charge on any atom is 0.236 e. The van der Waals surface area contributed by atoms with E-state index in [9.17, 15) is 4.79 Å². The third-order valence-corrected chi connectivity index (χ3v) is 5.01. The van der Waals surface area contributed by atoms with Gasteiger partial charge in [-0.1, -0.05) is 13.8 Å². The highest BCUT2D eigenvalue weighted by atomic mass is 16.7. The van der Waals surface area contributed by atoms with Crippen LogP contribution in [-0.4, -0.2) is 67.4 Å². The van der Waals surface area contributed by atoms with Crippen molar-refractivity contribution in [1.29, 1.82) is 0 Å². The van der Waals surface area contributed by atoms with Crippen molar-refractivity contribution in [3.63, 3.8) is 0 Å². The maximum atomic E-state index is 12.5. The van der Waals surface area contributed by atoms with Gasteiger partial charge in [-0.15, -0.1) is 0 Å². The van der Waals surface area contributed by atoms with Crippen molar-refractivity contribution in [2.24, 2.45) is 11.8 Å². The van der Waals surface area contributed by atoms with Crippen LogP contribution in [0.1, 0.15) is 33.1 Å². The van der Waals surface area contributed by atoms with Crippen molar-refractivity contribution in [1.82, 2.24) is 9.80 Å². The van der Waals surface area contributed by atoms with Gasteiger partial charge in [0.1, 0.15) is 0 Å². The van der Waals surface area contributed by atoms with Gasteiger partial charge in [-0.3, -0.25) is 9.69 Å². The van der Waals surface area contributed by atoms with E-state index in [-0.39, 0.29) is 11.7 Å². The molecular formula is C16H28N2O3. The number of likely N-dealkylation sites (tertiary alicyclic amines) is 2. The van der Waals surface area contributed by atoms with E-state index in [0.717, 1.165) is 39.0 Å². The first kappa shape index (κ1) is 15.3. The van der Waals surface area contributed by atoms with E-state index in [1.54, 1.807) is 0 Å². The minimum atomic E-state index is -0.340. The molecule has 0 aromatic rings. The average molecular weight is 296 g/mol. The van der Waals surface area contributed by atoms with Gasteiger partial charge in [0.2, 0.25) is 5.91 Å². The summed E-state index contributed by atoms with van der Waals surface area (Å²) in [5.41, 5.74) is 0. The Morgan fingerprint density at radius 3 is 2.24 bits per heavy atom. The van der Waals surface area contributed by atoms with Crippen LogP contribution in [0.3, 0.4) is 0 Å². The summed E-state index contributed by atoms with van der Waals surface area (Å²) in [7, 11) is 0. The van der Waals surface area contributed by atoms with E-state index in [4.69, 9.17) is 9.47 Å². The van der Waals surface area contributed by atoms with Crippen molar-refractivity contribution >= 4 is 5.91 Å². The zero-order valence-electron chi connectivity index (χ0n) is 13.3. The lowest BCUT2D eigenvalue weighted by Crippen LogP contribution is -2.51. The Bertz CT molecular complexity index is 362. The van der Waals surface area contributed by atoms with Gasteiger partial charge < -0.3 is 14.4 Å². The van der Waals surface area contributed by atoms with E-state index >= 15 is 0 Å². The number of hydrogen-bond donors (Lipinski definition) is 0. The highest BCUT2D eigenvalue weighted by Gasteiger charge is 2.40. The van der Waals surface area contributed by atoms with Crippen LogP contribution < -0.4 is 0 Å². The topological polar surface area (TPSA) is 42.0 Å². The van der Waals surface area contributed by atoms with E-state index < -0.39 is 0 Å². The van der Waals surface area contributed by atoms with Crippen LogP contribution in [0.4, 0.5) is 0 Å². The standard InChI is InChI=1S/C16H28N2O3/c1-13-9-14(2)11-18(10-13)15(19)12-17-5-3-16(4-6-17)20-7-8-21-16/h13-14H,3-12H2,1-2H3/t13-,14+. The van der Waals surface area contributed by atoms with Crippen molar-refractivity contribution < 1.29 is 14.3 Å². The summed E-state index contributed by atoms with van der Waals surface area (Å²) < 4.78 is 11.5. The Labute approximate surface area is 127 Å². The first-order valence-corrected chi connectivity index (χ1v) is 8.34. The Hall–Kier alpha value is -0.650. The summed E-state index contributed by atoms with van der Waals surface area (Å²) in [6.07, 6.45) is 3.00. The molecule has 0 aromatic heterocycles. The predicted molar refractivity (Wildman–Crippen MR) is 79.8 cm³/mol. The minimum absolute atomic E-state index is 0.289. The van der Waals surface area contributed by atoms with Gasteiger partial charge in [-0.05, 0) is 18.3 Å². The fourth-order valence-corrected chi connectivity index (χ4v) is 4.00. The molecule has 0 unspecified atom stereocenters. The third-order valence-electron chi connectivity index (χ3n) is 5.01. The molecule has 0 radical (unpaired) electrons. The number of nitrogens with zero attached hydrogens (tertiary/aromatic N) is 2. The van der Waals surface area contributed by atoms with Gasteiger partial charge in [-0.25, -0.2) is 0 Å². The molecule has 2 atom stereocenters. The molecule has 120 valence electrons. The summed E-state index contributed by atoms with van der Waals surface area (Å²) in [5, 5.41) is 0. The number of piperidine rings is 2. The first-order chi connectivity index (χ1) is 10.1. The minimum Gasteiger partial charge on any atom is -0.347 e. The fraction of sp³-hybridized carbons (Fsp3) is 0.938. The van der Waals surface area contributed by atoms with Crippen molar-refractivity contribution in [3.05, 3.63) is 0 Å². The number of hydrogen-bond acceptors (Lipinski definition) is 4. The van der Waals surface area contributed by atoms with Gasteiger partial charge in [0, 0.05) is 39.0 Å². The van der Waals surface area contributed by atoms with Gasteiger partial charge in [0.05, 0.1) is 19.8 Å². The lowest BCUT2D eigenvalue weighted by Gasteiger charge is -2.39. The lowest BCUT2D eigenvalue weighted by molar-refractivity contribution is -0.186. The number of carbonyl (C=O) groups excluding carboxylic acids is 1. The highest BCUT2D eigenvalue weighted by Crippen LogP contribution is 2.31. The predicted octanol–water partition coefficient (Wildman–Crippen LogP) is 1.33. The fourth-order valence-electron chi connectivity index (χ4n) is 4.00.